The van der Waals surface area contributed by atoms with Gasteiger partial charge in [-0.1, -0.05) is 12.1 Å². The predicted octanol–water partition coefficient (Wildman–Crippen LogP) is 2.63. The molecule has 0 radical (unpaired) electrons. The van der Waals surface area contributed by atoms with Gasteiger partial charge in [0.05, 0.1) is 4.92 Å². The van der Waals surface area contributed by atoms with Crippen molar-refractivity contribution in [2.24, 2.45) is 0 Å². The van der Waals surface area contributed by atoms with Crippen LogP contribution in [0.25, 0.3) is 0 Å². The van der Waals surface area contributed by atoms with Gasteiger partial charge in [0.15, 0.2) is 0 Å². The standard InChI is InChI=1S/C14H14N2O4/c1-10-8-12(16(18)19)9-15-14(10)20-13-4-2-11(3-5-13)6-7-17/h2-5,8-9,17H,6-7H2,1H3. The zero-order valence-electron chi connectivity index (χ0n) is 10.9. The lowest BCUT2D eigenvalue weighted by molar-refractivity contribution is -0.385. The molecule has 1 aromatic heterocycles. The van der Waals surface area contributed by atoms with E-state index in [1.54, 1.807) is 19.1 Å². The fourth-order valence-corrected chi connectivity index (χ4v) is 1.72. The minimum atomic E-state index is -0.493. The third kappa shape index (κ3) is 3.30. The maximum Gasteiger partial charge on any atom is 0.288 e. The zero-order valence-corrected chi connectivity index (χ0v) is 10.9. The van der Waals surface area contributed by atoms with Gasteiger partial charge in [0, 0.05) is 18.2 Å². The van der Waals surface area contributed by atoms with E-state index in [0.29, 0.717) is 23.6 Å². The molecular weight excluding hydrogens is 260 g/mol. The van der Waals surface area contributed by atoms with Gasteiger partial charge in [-0.25, -0.2) is 4.98 Å². The van der Waals surface area contributed by atoms with Crippen molar-refractivity contribution in [1.29, 1.82) is 0 Å². The third-order valence-electron chi connectivity index (χ3n) is 2.76. The van der Waals surface area contributed by atoms with Crippen molar-refractivity contribution in [2.45, 2.75) is 13.3 Å². The molecule has 0 saturated carbocycles. The Hall–Kier alpha value is -2.47. The van der Waals surface area contributed by atoms with Gasteiger partial charge in [-0.15, -0.1) is 0 Å². The van der Waals surface area contributed by atoms with Crippen molar-refractivity contribution < 1.29 is 14.8 Å². The van der Waals surface area contributed by atoms with Crippen LogP contribution in [-0.4, -0.2) is 21.6 Å². The Balaban J connectivity index is 2.15. The molecule has 2 aromatic rings. The molecule has 1 N–H and O–H groups in total. The van der Waals surface area contributed by atoms with Crippen molar-refractivity contribution in [2.75, 3.05) is 6.61 Å². The first-order chi connectivity index (χ1) is 9.60. The van der Waals surface area contributed by atoms with Crippen LogP contribution in [0.5, 0.6) is 11.6 Å². The maximum atomic E-state index is 10.6. The Morgan fingerprint density at radius 2 is 2.05 bits per heavy atom. The number of aryl methyl sites for hydroxylation is 1. The molecule has 2 rings (SSSR count). The van der Waals surface area contributed by atoms with Crippen LogP contribution in [0.1, 0.15) is 11.1 Å². The average Bonchev–Trinajstić information content (AvgIpc) is 2.43. The van der Waals surface area contributed by atoms with Gasteiger partial charge in [-0.05, 0) is 31.0 Å². The second kappa shape index (κ2) is 6.12. The summed E-state index contributed by atoms with van der Waals surface area (Å²) in [7, 11) is 0. The van der Waals surface area contributed by atoms with E-state index in [1.165, 1.54) is 12.3 Å². The molecule has 0 bridgehead atoms. The molecule has 104 valence electrons. The average molecular weight is 274 g/mol. The van der Waals surface area contributed by atoms with Gasteiger partial charge in [0.2, 0.25) is 5.88 Å². The lowest BCUT2D eigenvalue weighted by atomic mass is 10.1. The summed E-state index contributed by atoms with van der Waals surface area (Å²) in [6.07, 6.45) is 1.76. The number of pyridine rings is 1. The van der Waals surface area contributed by atoms with E-state index in [0.717, 1.165) is 5.56 Å². The molecule has 0 fully saturated rings. The Labute approximate surface area is 115 Å². The number of rotatable bonds is 5. The highest BCUT2D eigenvalue weighted by molar-refractivity contribution is 5.39. The number of aromatic nitrogens is 1. The topological polar surface area (TPSA) is 85.5 Å². The zero-order chi connectivity index (χ0) is 14.5. The monoisotopic (exact) mass is 274 g/mol. The summed E-state index contributed by atoms with van der Waals surface area (Å²) in [6, 6.07) is 8.67. The van der Waals surface area contributed by atoms with Crippen molar-refractivity contribution in [1.82, 2.24) is 4.98 Å². The Kier molecular flexibility index (Phi) is 4.27. The molecule has 0 spiro atoms. The molecule has 0 saturated heterocycles. The van der Waals surface area contributed by atoms with Crippen molar-refractivity contribution in [3.05, 3.63) is 57.8 Å². The van der Waals surface area contributed by atoms with E-state index in [2.05, 4.69) is 4.98 Å². The van der Waals surface area contributed by atoms with Crippen LogP contribution in [-0.2, 0) is 6.42 Å². The fraction of sp³-hybridized carbons (Fsp3) is 0.214. The Morgan fingerprint density at radius 1 is 1.35 bits per heavy atom. The maximum absolute atomic E-state index is 10.6. The van der Waals surface area contributed by atoms with Crippen LogP contribution in [0.15, 0.2) is 36.5 Å². The summed E-state index contributed by atoms with van der Waals surface area (Å²) in [5.41, 5.74) is 1.54. The molecule has 6 heteroatoms. The van der Waals surface area contributed by atoms with E-state index in [9.17, 15) is 10.1 Å². The van der Waals surface area contributed by atoms with Crippen LogP contribution in [0.4, 0.5) is 5.69 Å². The largest absolute Gasteiger partial charge is 0.439 e. The minimum Gasteiger partial charge on any atom is -0.439 e. The Morgan fingerprint density at radius 3 is 2.60 bits per heavy atom. The highest BCUT2D eigenvalue weighted by Crippen LogP contribution is 2.25. The number of nitro groups is 1. The molecule has 0 aliphatic heterocycles. The normalized spacial score (nSPS) is 10.3. The van der Waals surface area contributed by atoms with E-state index in [1.807, 2.05) is 12.1 Å². The fourth-order valence-electron chi connectivity index (χ4n) is 1.72. The molecule has 0 aliphatic rings. The van der Waals surface area contributed by atoms with Gasteiger partial charge >= 0.3 is 0 Å². The highest BCUT2D eigenvalue weighted by Gasteiger charge is 2.10. The van der Waals surface area contributed by atoms with Gasteiger partial charge in [-0.3, -0.25) is 10.1 Å². The molecule has 1 heterocycles. The first-order valence-corrected chi connectivity index (χ1v) is 6.09. The van der Waals surface area contributed by atoms with E-state index in [-0.39, 0.29) is 12.3 Å². The van der Waals surface area contributed by atoms with Crippen LogP contribution >= 0.6 is 0 Å². The summed E-state index contributed by atoms with van der Waals surface area (Å²) >= 11 is 0. The lowest BCUT2D eigenvalue weighted by Crippen LogP contribution is -1.95. The molecular formula is C14H14N2O4. The van der Waals surface area contributed by atoms with Crippen molar-refractivity contribution in [3.63, 3.8) is 0 Å². The van der Waals surface area contributed by atoms with Gasteiger partial charge in [0.1, 0.15) is 11.9 Å². The van der Waals surface area contributed by atoms with Crippen LogP contribution in [0.3, 0.4) is 0 Å². The molecule has 6 nitrogen and oxygen atoms in total. The summed E-state index contributed by atoms with van der Waals surface area (Å²) < 4.78 is 5.58. The number of hydrogen-bond donors (Lipinski definition) is 1. The quantitative estimate of drug-likeness (QED) is 0.669. The smallest absolute Gasteiger partial charge is 0.288 e. The first kappa shape index (κ1) is 14.0. The number of ether oxygens (including phenoxy) is 1. The summed E-state index contributed by atoms with van der Waals surface area (Å²) in [5, 5.41) is 19.5. The number of aliphatic hydroxyl groups is 1. The third-order valence-corrected chi connectivity index (χ3v) is 2.76. The molecule has 0 aliphatic carbocycles. The lowest BCUT2D eigenvalue weighted by Gasteiger charge is -2.07. The van der Waals surface area contributed by atoms with Gasteiger partial charge in [-0.2, -0.15) is 0 Å². The predicted molar refractivity (Wildman–Crippen MR) is 72.9 cm³/mol. The van der Waals surface area contributed by atoms with Crippen LogP contribution in [0, 0.1) is 17.0 Å². The SMILES string of the molecule is Cc1cc([N+](=O)[O-])cnc1Oc1ccc(CCO)cc1. The highest BCUT2D eigenvalue weighted by atomic mass is 16.6. The number of hydrogen-bond acceptors (Lipinski definition) is 5. The summed E-state index contributed by atoms with van der Waals surface area (Å²) in [6.45, 7) is 1.80. The van der Waals surface area contributed by atoms with E-state index >= 15 is 0 Å². The van der Waals surface area contributed by atoms with Gasteiger partial charge < -0.3 is 9.84 Å². The molecule has 1 aromatic carbocycles. The minimum absolute atomic E-state index is 0.0619. The van der Waals surface area contributed by atoms with Gasteiger partial charge in [0.25, 0.3) is 5.69 Å². The number of nitrogens with zero attached hydrogens (tertiary/aromatic N) is 2. The second-order valence-electron chi connectivity index (χ2n) is 4.29. The van der Waals surface area contributed by atoms with E-state index in [4.69, 9.17) is 9.84 Å². The Bertz CT molecular complexity index is 611. The van der Waals surface area contributed by atoms with E-state index < -0.39 is 4.92 Å². The second-order valence-corrected chi connectivity index (χ2v) is 4.29. The molecule has 0 unspecified atom stereocenters. The van der Waals surface area contributed by atoms with Crippen molar-refractivity contribution >= 4 is 5.69 Å². The molecule has 0 amide bonds. The molecule has 0 atom stereocenters. The van der Waals surface area contributed by atoms with Crippen LogP contribution in [0.2, 0.25) is 0 Å². The van der Waals surface area contributed by atoms with Crippen molar-refractivity contribution in [3.8, 4) is 11.6 Å². The number of aliphatic hydroxyl groups excluding tert-OH is 1. The summed E-state index contributed by atoms with van der Waals surface area (Å²) in [4.78, 5) is 14.1. The molecule has 20 heavy (non-hydrogen) atoms. The van der Waals surface area contributed by atoms with Crippen LogP contribution < -0.4 is 4.74 Å². The number of benzene rings is 1. The summed E-state index contributed by atoms with van der Waals surface area (Å²) in [5.74, 6) is 0.932. The first-order valence-electron chi connectivity index (χ1n) is 6.09.